The van der Waals surface area contributed by atoms with Gasteiger partial charge >= 0.3 is 5.97 Å². The molecule has 86 valence electrons. The van der Waals surface area contributed by atoms with Gasteiger partial charge in [-0.2, -0.15) is 0 Å². The summed E-state index contributed by atoms with van der Waals surface area (Å²) in [5.74, 6) is -0.0803. The molecule has 2 heterocycles. The van der Waals surface area contributed by atoms with E-state index in [0.29, 0.717) is 31.2 Å². The topological polar surface area (TPSA) is 73.9 Å². The predicted molar refractivity (Wildman–Crippen MR) is 54.0 cm³/mol. The van der Waals surface area contributed by atoms with Crippen molar-refractivity contribution >= 4 is 11.9 Å². The summed E-state index contributed by atoms with van der Waals surface area (Å²) in [4.78, 5) is 19.5. The summed E-state index contributed by atoms with van der Waals surface area (Å²) in [6.45, 7) is 0.778. The molecule has 1 atom stereocenters. The van der Waals surface area contributed by atoms with E-state index in [9.17, 15) is 4.79 Å². The third-order valence-corrected chi connectivity index (χ3v) is 2.35. The maximum atomic E-state index is 11.3. The fraction of sp³-hybridized carbons (Fsp3) is 0.500. The molecule has 16 heavy (non-hydrogen) atoms. The zero-order valence-corrected chi connectivity index (χ0v) is 8.88. The Bertz CT molecular complexity index is 386. The van der Waals surface area contributed by atoms with E-state index in [1.165, 1.54) is 19.8 Å². The van der Waals surface area contributed by atoms with E-state index in [1.54, 1.807) is 0 Å². The SMILES string of the molecule is COC(=O)C1CCOC(c2cocn2)=NC1. The number of hydrogen-bond donors (Lipinski definition) is 0. The molecule has 0 aromatic carbocycles. The molecule has 0 amide bonds. The first-order chi connectivity index (χ1) is 7.81. The first kappa shape index (κ1) is 10.7. The highest BCUT2D eigenvalue weighted by Gasteiger charge is 2.23. The van der Waals surface area contributed by atoms with Gasteiger partial charge in [-0.1, -0.05) is 0 Å². The molecule has 2 rings (SSSR count). The van der Waals surface area contributed by atoms with Crippen LogP contribution < -0.4 is 0 Å². The van der Waals surface area contributed by atoms with Crippen LogP contribution in [0.4, 0.5) is 0 Å². The molecular formula is C10H12N2O4. The van der Waals surface area contributed by atoms with Crippen LogP contribution in [0.3, 0.4) is 0 Å². The second-order valence-corrected chi connectivity index (χ2v) is 3.38. The van der Waals surface area contributed by atoms with Gasteiger partial charge in [0, 0.05) is 0 Å². The van der Waals surface area contributed by atoms with Gasteiger partial charge in [0.1, 0.15) is 6.26 Å². The number of carbonyl (C=O) groups is 1. The lowest BCUT2D eigenvalue weighted by Gasteiger charge is -2.07. The summed E-state index contributed by atoms with van der Waals surface area (Å²) >= 11 is 0. The van der Waals surface area contributed by atoms with Crippen LogP contribution in [0.5, 0.6) is 0 Å². The summed E-state index contributed by atoms with van der Waals surface area (Å²) in [6, 6.07) is 0. The lowest BCUT2D eigenvalue weighted by Crippen LogP contribution is -2.19. The molecule has 1 aromatic rings. The molecule has 0 bridgehead atoms. The highest BCUT2D eigenvalue weighted by molar-refractivity contribution is 5.92. The normalized spacial score (nSPS) is 20.6. The van der Waals surface area contributed by atoms with Crippen LogP contribution in [0.1, 0.15) is 12.1 Å². The molecule has 0 N–H and O–H groups in total. The van der Waals surface area contributed by atoms with Crippen LogP contribution >= 0.6 is 0 Å². The third-order valence-electron chi connectivity index (χ3n) is 2.35. The van der Waals surface area contributed by atoms with Crippen LogP contribution in [0, 0.1) is 5.92 Å². The van der Waals surface area contributed by atoms with Gasteiger partial charge in [0.2, 0.25) is 5.90 Å². The molecule has 0 radical (unpaired) electrons. The molecule has 0 fully saturated rings. The number of aromatic nitrogens is 1. The van der Waals surface area contributed by atoms with E-state index in [0.717, 1.165) is 0 Å². The number of esters is 1. The third kappa shape index (κ3) is 2.21. The Hall–Kier alpha value is -1.85. The minimum absolute atomic E-state index is 0.241. The van der Waals surface area contributed by atoms with Gasteiger partial charge in [-0.25, -0.2) is 9.98 Å². The van der Waals surface area contributed by atoms with Crippen molar-refractivity contribution in [1.82, 2.24) is 4.98 Å². The fourth-order valence-corrected chi connectivity index (χ4v) is 1.46. The van der Waals surface area contributed by atoms with Crippen LogP contribution in [-0.4, -0.2) is 37.1 Å². The average molecular weight is 224 g/mol. The monoisotopic (exact) mass is 224 g/mol. The predicted octanol–water partition coefficient (Wildman–Crippen LogP) is 0.631. The van der Waals surface area contributed by atoms with Crippen LogP contribution in [-0.2, 0) is 14.3 Å². The number of rotatable bonds is 2. The van der Waals surface area contributed by atoms with Gasteiger partial charge in [-0.15, -0.1) is 0 Å². The van der Waals surface area contributed by atoms with Crippen molar-refractivity contribution in [2.75, 3.05) is 20.3 Å². The number of ether oxygens (including phenoxy) is 2. The van der Waals surface area contributed by atoms with Crippen molar-refractivity contribution in [3.8, 4) is 0 Å². The van der Waals surface area contributed by atoms with Crippen molar-refractivity contribution in [3.63, 3.8) is 0 Å². The van der Waals surface area contributed by atoms with Crippen molar-refractivity contribution in [2.24, 2.45) is 10.9 Å². The minimum Gasteiger partial charge on any atom is -0.476 e. The van der Waals surface area contributed by atoms with Gasteiger partial charge in [0.25, 0.3) is 0 Å². The van der Waals surface area contributed by atoms with E-state index in [-0.39, 0.29) is 11.9 Å². The lowest BCUT2D eigenvalue weighted by molar-refractivity contribution is -0.145. The molecule has 1 aliphatic heterocycles. The quantitative estimate of drug-likeness (QED) is 0.689. The number of aliphatic imine (C=N–C) groups is 1. The van der Waals surface area contributed by atoms with Crippen LogP contribution in [0.25, 0.3) is 0 Å². The van der Waals surface area contributed by atoms with E-state index < -0.39 is 0 Å². The van der Waals surface area contributed by atoms with Gasteiger partial charge < -0.3 is 13.9 Å². The summed E-state index contributed by atoms with van der Waals surface area (Å²) < 4.78 is 14.9. The second-order valence-electron chi connectivity index (χ2n) is 3.38. The number of carbonyl (C=O) groups excluding carboxylic acids is 1. The molecule has 0 spiro atoms. The number of hydrogen-bond acceptors (Lipinski definition) is 6. The molecule has 0 aliphatic carbocycles. The summed E-state index contributed by atoms with van der Waals surface area (Å²) in [5, 5.41) is 0. The fourth-order valence-electron chi connectivity index (χ4n) is 1.46. The zero-order valence-electron chi connectivity index (χ0n) is 8.88. The van der Waals surface area contributed by atoms with E-state index in [4.69, 9.17) is 9.15 Å². The van der Waals surface area contributed by atoms with E-state index in [1.807, 2.05) is 0 Å². The van der Waals surface area contributed by atoms with Gasteiger partial charge in [-0.3, -0.25) is 4.79 Å². The maximum absolute atomic E-state index is 11.3. The number of oxazole rings is 1. The average Bonchev–Trinajstić information content (AvgIpc) is 2.73. The van der Waals surface area contributed by atoms with Crippen molar-refractivity contribution in [3.05, 3.63) is 18.4 Å². The number of methoxy groups -OCH3 is 1. The standard InChI is InChI=1S/C10H12N2O4/c1-14-10(13)7-2-3-16-9(11-4-7)8-5-15-6-12-8/h5-7H,2-4H2,1H3. The lowest BCUT2D eigenvalue weighted by atomic mass is 10.1. The van der Waals surface area contributed by atoms with Crippen LogP contribution in [0.15, 0.2) is 22.1 Å². The summed E-state index contributed by atoms with van der Waals surface area (Å²) in [7, 11) is 1.37. The number of nitrogens with zero attached hydrogens (tertiary/aromatic N) is 2. The van der Waals surface area contributed by atoms with Gasteiger partial charge in [-0.05, 0) is 6.42 Å². The highest BCUT2D eigenvalue weighted by Crippen LogP contribution is 2.13. The molecule has 0 saturated heterocycles. The Morgan fingerprint density at radius 3 is 3.19 bits per heavy atom. The summed E-state index contributed by atoms with van der Waals surface area (Å²) in [6.07, 6.45) is 3.36. The Morgan fingerprint density at radius 2 is 2.50 bits per heavy atom. The van der Waals surface area contributed by atoms with E-state index in [2.05, 4.69) is 14.7 Å². The van der Waals surface area contributed by atoms with Crippen molar-refractivity contribution in [1.29, 1.82) is 0 Å². The van der Waals surface area contributed by atoms with Gasteiger partial charge in [0.05, 0.1) is 26.2 Å². The molecule has 0 saturated carbocycles. The first-order valence-corrected chi connectivity index (χ1v) is 4.95. The van der Waals surface area contributed by atoms with Crippen molar-refractivity contribution < 1.29 is 18.7 Å². The maximum Gasteiger partial charge on any atom is 0.310 e. The highest BCUT2D eigenvalue weighted by atomic mass is 16.5. The zero-order chi connectivity index (χ0) is 11.4. The largest absolute Gasteiger partial charge is 0.476 e. The Morgan fingerprint density at radius 1 is 1.62 bits per heavy atom. The smallest absolute Gasteiger partial charge is 0.310 e. The Kier molecular flexibility index (Phi) is 3.19. The molecule has 1 aromatic heterocycles. The minimum atomic E-state index is -0.256. The molecule has 1 aliphatic rings. The second kappa shape index (κ2) is 4.78. The molecule has 1 unspecified atom stereocenters. The Balaban J connectivity index is 2.08. The molecule has 6 nitrogen and oxygen atoms in total. The first-order valence-electron chi connectivity index (χ1n) is 4.95. The van der Waals surface area contributed by atoms with Crippen LogP contribution in [0.2, 0.25) is 0 Å². The van der Waals surface area contributed by atoms with Gasteiger partial charge in [0.15, 0.2) is 12.1 Å². The van der Waals surface area contributed by atoms with Crippen molar-refractivity contribution in [2.45, 2.75) is 6.42 Å². The summed E-state index contributed by atoms with van der Waals surface area (Å²) in [5.41, 5.74) is 0.547. The van der Waals surface area contributed by atoms with E-state index >= 15 is 0 Å². The molecule has 6 heteroatoms. The molecular weight excluding hydrogens is 212 g/mol. The Labute approximate surface area is 92.3 Å².